The summed E-state index contributed by atoms with van der Waals surface area (Å²) in [4.78, 5) is 11.2. The van der Waals surface area contributed by atoms with Gasteiger partial charge in [-0.05, 0) is 17.2 Å². The molecule has 0 spiro atoms. The summed E-state index contributed by atoms with van der Waals surface area (Å²) in [5, 5.41) is 17.9. The number of carbonyl (C=O) groups excluding carboxylic acids is 1. The molecule has 0 aliphatic rings. The van der Waals surface area contributed by atoms with Crippen LogP contribution in [-0.2, 0) is 9.53 Å². The lowest BCUT2D eigenvalue weighted by Gasteiger charge is -1.99. The molecule has 1 rings (SSSR count). The molecule has 1 aromatic heterocycles. The lowest BCUT2D eigenvalue weighted by atomic mass is 10.3. The highest BCUT2D eigenvalue weighted by molar-refractivity contribution is 5.93. The van der Waals surface area contributed by atoms with Gasteiger partial charge in [0.15, 0.2) is 5.57 Å². The van der Waals surface area contributed by atoms with E-state index in [9.17, 15) is 4.79 Å². The van der Waals surface area contributed by atoms with Gasteiger partial charge in [-0.15, -0.1) is 0 Å². The van der Waals surface area contributed by atoms with E-state index in [1.165, 1.54) is 0 Å². The summed E-state index contributed by atoms with van der Waals surface area (Å²) < 4.78 is 8.94. The first-order valence-electron chi connectivity index (χ1n) is 4.31. The molecule has 0 atom stereocenters. The van der Waals surface area contributed by atoms with Crippen LogP contribution in [-0.4, -0.2) is 22.9 Å². The van der Waals surface area contributed by atoms with Crippen LogP contribution in [0.4, 0.5) is 11.6 Å². The Labute approximate surface area is 90.6 Å². The third-order valence-corrected chi connectivity index (χ3v) is 1.48. The molecule has 0 aliphatic heterocycles. The van der Waals surface area contributed by atoms with Crippen molar-refractivity contribution in [3.63, 3.8) is 0 Å². The van der Waals surface area contributed by atoms with Crippen LogP contribution in [0.5, 0.6) is 0 Å². The molecule has 1 aromatic rings. The topological polar surface area (TPSA) is 127 Å². The maximum absolute atomic E-state index is 11.2. The summed E-state index contributed by atoms with van der Waals surface area (Å²) in [7, 11) is 0. The molecule has 0 radical (unpaired) electrons. The molecule has 0 aliphatic carbocycles. The van der Waals surface area contributed by atoms with E-state index in [4.69, 9.17) is 11.0 Å². The number of nitrogen functional groups attached to an aromatic ring is 1. The van der Waals surface area contributed by atoms with Gasteiger partial charge in [0.25, 0.3) is 0 Å². The van der Waals surface area contributed by atoms with Crippen LogP contribution in [0.25, 0.3) is 0 Å². The molecular formula is C8H9N5O3. The van der Waals surface area contributed by atoms with Gasteiger partial charge >= 0.3 is 5.97 Å². The summed E-state index contributed by atoms with van der Waals surface area (Å²) in [6.45, 7) is 1.82. The Hall–Kier alpha value is -2.56. The van der Waals surface area contributed by atoms with Crippen LogP contribution >= 0.6 is 0 Å². The van der Waals surface area contributed by atoms with Gasteiger partial charge in [-0.2, -0.15) is 5.26 Å². The minimum atomic E-state index is -0.729. The Balaban J connectivity index is 2.72. The number of carbonyl (C=O) groups is 1. The molecule has 8 heteroatoms. The summed E-state index contributed by atoms with van der Waals surface area (Å²) in [5.74, 6) is -0.582. The number of nitrogens with zero attached hydrogens (tertiary/aromatic N) is 3. The maximum Gasteiger partial charge on any atom is 0.350 e. The van der Waals surface area contributed by atoms with Crippen LogP contribution in [0.15, 0.2) is 16.4 Å². The number of hydrogen-bond acceptors (Lipinski definition) is 8. The van der Waals surface area contributed by atoms with Gasteiger partial charge in [-0.1, -0.05) is 0 Å². The van der Waals surface area contributed by atoms with Crippen molar-refractivity contribution < 1.29 is 14.2 Å². The normalized spacial score (nSPS) is 10.6. The fourth-order valence-corrected chi connectivity index (χ4v) is 0.782. The van der Waals surface area contributed by atoms with Crippen molar-refractivity contribution in [1.29, 1.82) is 5.26 Å². The van der Waals surface area contributed by atoms with Crippen LogP contribution in [0.2, 0.25) is 0 Å². The molecule has 1 heterocycles. The van der Waals surface area contributed by atoms with E-state index in [0.717, 1.165) is 6.20 Å². The molecule has 0 amide bonds. The van der Waals surface area contributed by atoms with E-state index in [1.54, 1.807) is 13.0 Å². The van der Waals surface area contributed by atoms with Gasteiger partial charge in [0.05, 0.1) is 6.61 Å². The first kappa shape index (κ1) is 11.5. The van der Waals surface area contributed by atoms with Crippen molar-refractivity contribution in [3.8, 4) is 6.07 Å². The first-order valence-corrected chi connectivity index (χ1v) is 4.31. The Morgan fingerprint density at radius 1 is 1.75 bits per heavy atom. The summed E-state index contributed by atoms with van der Waals surface area (Å²) in [6, 6.07) is 1.67. The minimum Gasteiger partial charge on any atom is -0.462 e. The fourth-order valence-electron chi connectivity index (χ4n) is 0.782. The van der Waals surface area contributed by atoms with E-state index in [0.29, 0.717) is 0 Å². The Morgan fingerprint density at radius 3 is 3.00 bits per heavy atom. The molecule has 0 aromatic carbocycles. The van der Waals surface area contributed by atoms with Gasteiger partial charge in [-0.25, -0.2) is 9.42 Å². The number of hydrogen-bond donors (Lipinski definition) is 2. The minimum absolute atomic E-state index is 0.0254. The van der Waals surface area contributed by atoms with Gasteiger partial charge in [0.2, 0.25) is 11.6 Å². The lowest BCUT2D eigenvalue weighted by molar-refractivity contribution is -0.138. The third kappa shape index (κ3) is 2.71. The van der Waals surface area contributed by atoms with Gasteiger partial charge < -0.3 is 15.8 Å². The monoisotopic (exact) mass is 223 g/mol. The van der Waals surface area contributed by atoms with Crippen molar-refractivity contribution in [3.05, 3.63) is 11.8 Å². The van der Waals surface area contributed by atoms with Crippen LogP contribution in [0, 0.1) is 11.3 Å². The van der Waals surface area contributed by atoms with Crippen molar-refractivity contribution in [2.24, 2.45) is 0 Å². The second kappa shape index (κ2) is 5.35. The molecule has 0 unspecified atom stereocenters. The second-order valence-corrected chi connectivity index (χ2v) is 2.53. The number of nitriles is 1. The zero-order chi connectivity index (χ0) is 12.0. The number of anilines is 2. The lowest BCUT2D eigenvalue weighted by Crippen LogP contribution is -2.08. The summed E-state index contributed by atoms with van der Waals surface area (Å²) >= 11 is 0. The van der Waals surface area contributed by atoms with Crippen molar-refractivity contribution in [2.45, 2.75) is 6.92 Å². The second-order valence-electron chi connectivity index (χ2n) is 2.53. The average molecular weight is 223 g/mol. The van der Waals surface area contributed by atoms with E-state index in [1.807, 2.05) is 0 Å². The maximum atomic E-state index is 11.2. The number of rotatable bonds is 4. The molecule has 0 fully saturated rings. The fraction of sp³-hybridized carbons (Fsp3) is 0.250. The average Bonchev–Trinajstić information content (AvgIpc) is 2.66. The number of esters is 1. The molecule has 8 nitrogen and oxygen atoms in total. The van der Waals surface area contributed by atoms with Gasteiger partial charge in [0, 0.05) is 6.20 Å². The number of aromatic nitrogens is 2. The Morgan fingerprint density at radius 2 is 2.50 bits per heavy atom. The standard InChI is InChI=1S/C8H9N5O3/c1-2-15-8(14)5(3-9)4-11-7-6(10)12-16-13-7/h4H,2H2,1H3,(H2,10,12)(H,11,13)/b5-4+. The number of ether oxygens (including phenoxy) is 1. The van der Waals surface area contributed by atoms with Crippen LogP contribution < -0.4 is 11.1 Å². The Bertz CT molecular complexity index is 445. The first-order chi connectivity index (χ1) is 7.69. The number of nitrogens with two attached hydrogens (primary N) is 1. The molecule has 0 bridgehead atoms. The van der Waals surface area contributed by atoms with Gasteiger partial charge in [-0.3, -0.25) is 0 Å². The van der Waals surface area contributed by atoms with Crippen molar-refractivity contribution in [2.75, 3.05) is 17.7 Å². The summed E-state index contributed by atoms with van der Waals surface area (Å²) in [6.07, 6.45) is 1.12. The molecule has 3 N–H and O–H groups in total. The molecular weight excluding hydrogens is 214 g/mol. The van der Waals surface area contributed by atoms with Crippen LogP contribution in [0.3, 0.4) is 0 Å². The molecule has 16 heavy (non-hydrogen) atoms. The van der Waals surface area contributed by atoms with E-state index in [-0.39, 0.29) is 23.8 Å². The van der Waals surface area contributed by atoms with E-state index < -0.39 is 5.97 Å². The molecule has 0 saturated heterocycles. The molecule has 84 valence electrons. The highest BCUT2D eigenvalue weighted by Crippen LogP contribution is 2.11. The highest BCUT2D eigenvalue weighted by atomic mass is 16.6. The smallest absolute Gasteiger partial charge is 0.350 e. The predicted octanol–water partition coefficient (Wildman–Crippen LogP) is 0.0343. The number of nitrogens with one attached hydrogen (secondary N) is 1. The van der Waals surface area contributed by atoms with Crippen LogP contribution in [0.1, 0.15) is 6.92 Å². The zero-order valence-electron chi connectivity index (χ0n) is 8.43. The SMILES string of the molecule is CCOC(=O)/C(C#N)=C/Nc1nonc1N. The predicted molar refractivity (Wildman–Crippen MR) is 52.7 cm³/mol. The van der Waals surface area contributed by atoms with E-state index in [2.05, 4.69) is 25.0 Å². The quantitative estimate of drug-likeness (QED) is 0.416. The largest absolute Gasteiger partial charge is 0.462 e. The summed E-state index contributed by atoms with van der Waals surface area (Å²) in [5.41, 5.74) is 5.14. The van der Waals surface area contributed by atoms with Crippen molar-refractivity contribution in [1.82, 2.24) is 10.3 Å². The molecule has 0 saturated carbocycles. The van der Waals surface area contributed by atoms with Gasteiger partial charge in [0.1, 0.15) is 6.07 Å². The van der Waals surface area contributed by atoms with E-state index >= 15 is 0 Å². The zero-order valence-corrected chi connectivity index (χ0v) is 8.43. The Kier molecular flexibility index (Phi) is 3.85. The van der Waals surface area contributed by atoms with Crippen molar-refractivity contribution >= 4 is 17.6 Å². The highest BCUT2D eigenvalue weighted by Gasteiger charge is 2.10. The third-order valence-electron chi connectivity index (χ3n) is 1.48.